The summed E-state index contributed by atoms with van der Waals surface area (Å²) in [6, 6.07) is 1.71. The van der Waals surface area contributed by atoms with Crippen molar-refractivity contribution in [2.24, 2.45) is 5.92 Å². The predicted octanol–water partition coefficient (Wildman–Crippen LogP) is 0.651. The molecule has 0 bridgehead atoms. The number of halogens is 1. The van der Waals surface area contributed by atoms with Crippen molar-refractivity contribution in [1.29, 1.82) is 0 Å². The molecule has 2 N–H and O–H groups in total. The number of rotatable bonds is 2. The number of piperidine rings is 1. The van der Waals surface area contributed by atoms with Crippen LogP contribution in [0, 0.1) is 5.92 Å². The molecule has 0 aliphatic carbocycles. The first-order chi connectivity index (χ1) is 8.08. The van der Waals surface area contributed by atoms with E-state index in [2.05, 4.69) is 16.8 Å². The summed E-state index contributed by atoms with van der Waals surface area (Å²) in [5.41, 5.74) is 1.17. The molecular formula is C11H16BClN2O2. The minimum atomic E-state index is -1.50. The zero-order chi connectivity index (χ0) is 12.4. The molecule has 6 heteroatoms. The predicted molar refractivity (Wildman–Crippen MR) is 69.7 cm³/mol. The van der Waals surface area contributed by atoms with Gasteiger partial charge in [-0.1, -0.05) is 18.5 Å². The van der Waals surface area contributed by atoms with Gasteiger partial charge in [0.1, 0.15) is 0 Å². The summed E-state index contributed by atoms with van der Waals surface area (Å²) in [7, 11) is -1.50. The smallest absolute Gasteiger partial charge is 0.423 e. The number of hydrogen-bond donors (Lipinski definition) is 2. The van der Waals surface area contributed by atoms with Gasteiger partial charge in [-0.2, -0.15) is 0 Å². The summed E-state index contributed by atoms with van der Waals surface area (Å²) < 4.78 is 0. The molecule has 0 amide bonds. The Labute approximate surface area is 106 Å². The Morgan fingerprint density at radius 2 is 2.29 bits per heavy atom. The van der Waals surface area contributed by atoms with Crippen LogP contribution in [0.1, 0.15) is 19.8 Å². The largest absolute Gasteiger partial charge is 0.490 e. The van der Waals surface area contributed by atoms with Gasteiger partial charge in [0.2, 0.25) is 0 Å². The Balaban J connectivity index is 2.26. The van der Waals surface area contributed by atoms with Crippen molar-refractivity contribution in [3.8, 4) is 0 Å². The van der Waals surface area contributed by atoms with Gasteiger partial charge < -0.3 is 14.9 Å². The van der Waals surface area contributed by atoms with Crippen LogP contribution in [0.15, 0.2) is 12.3 Å². The minimum absolute atomic E-state index is 0.377. The fourth-order valence-electron chi connectivity index (χ4n) is 2.22. The Morgan fingerprint density at radius 1 is 1.53 bits per heavy atom. The molecule has 0 spiro atoms. The van der Waals surface area contributed by atoms with Crippen LogP contribution in [-0.2, 0) is 0 Å². The van der Waals surface area contributed by atoms with Gasteiger partial charge in [-0.25, -0.2) is 4.98 Å². The average Bonchev–Trinajstić information content (AvgIpc) is 2.29. The van der Waals surface area contributed by atoms with E-state index in [4.69, 9.17) is 21.6 Å². The van der Waals surface area contributed by atoms with Crippen LogP contribution in [0.2, 0.25) is 5.15 Å². The first kappa shape index (κ1) is 12.7. The molecule has 1 aliphatic rings. The third kappa shape index (κ3) is 2.91. The van der Waals surface area contributed by atoms with Crippen molar-refractivity contribution >= 4 is 29.9 Å². The van der Waals surface area contributed by atoms with Crippen LogP contribution < -0.4 is 10.4 Å². The first-order valence-electron chi connectivity index (χ1n) is 5.84. The fourth-order valence-corrected chi connectivity index (χ4v) is 2.45. The van der Waals surface area contributed by atoms with Crippen LogP contribution in [-0.4, -0.2) is 35.2 Å². The number of nitrogens with zero attached hydrogens (tertiary/aromatic N) is 2. The molecule has 2 heterocycles. The maximum Gasteiger partial charge on any atom is 0.490 e. The molecular weight excluding hydrogens is 238 g/mol. The maximum atomic E-state index is 9.14. The second-order valence-corrected chi connectivity index (χ2v) is 5.00. The Morgan fingerprint density at radius 3 is 2.94 bits per heavy atom. The van der Waals surface area contributed by atoms with Crippen LogP contribution in [0.25, 0.3) is 0 Å². The standard InChI is InChI=1S/C11H16BClN2O2/c1-8-3-2-4-15(7-8)10-5-9(12(16)17)6-14-11(10)13/h5-6,8,16-17H,2-4,7H2,1H3. The normalized spacial score (nSPS) is 20.5. The highest BCUT2D eigenvalue weighted by molar-refractivity contribution is 6.58. The quantitative estimate of drug-likeness (QED) is 0.601. The molecule has 1 atom stereocenters. The van der Waals surface area contributed by atoms with E-state index in [1.165, 1.54) is 12.6 Å². The lowest BCUT2D eigenvalue weighted by Crippen LogP contribution is -2.37. The number of hydrogen-bond acceptors (Lipinski definition) is 4. The van der Waals surface area contributed by atoms with E-state index in [0.29, 0.717) is 16.5 Å². The summed E-state index contributed by atoms with van der Waals surface area (Å²) in [5.74, 6) is 0.627. The highest BCUT2D eigenvalue weighted by Crippen LogP contribution is 2.27. The van der Waals surface area contributed by atoms with E-state index < -0.39 is 7.12 Å². The van der Waals surface area contributed by atoms with Gasteiger partial charge in [-0.05, 0) is 24.8 Å². The molecule has 1 fully saturated rings. The van der Waals surface area contributed by atoms with Crippen LogP contribution in [0.3, 0.4) is 0 Å². The summed E-state index contributed by atoms with van der Waals surface area (Å²) in [4.78, 5) is 6.17. The minimum Gasteiger partial charge on any atom is -0.423 e. The molecule has 1 aliphatic heterocycles. The Hall–Kier alpha value is -0.775. The summed E-state index contributed by atoms with van der Waals surface area (Å²) in [6.45, 7) is 4.08. The second-order valence-electron chi connectivity index (χ2n) is 4.65. The lowest BCUT2D eigenvalue weighted by molar-refractivity contribution is 0.425. The molecule has 0 saturated carbocycles. The van der Waals surface area contributed by atoms with Gasteiger partial charge in [0.15, 0.2) is 5.15 Å². The fraction of sp³-hybridized carbons (Fsp3) is 0.545. The van der Waals surface area contributed by atoms with Crippen molar-refractivity contribution in [3.63, 3.8) is 0 Å². The summed E-state index contributed by atoms with van der Waals surface area (Å²) in [6.07, 6.45) is 3.75. The summed E-state index contributed by atoms with van der Waals surface area (Å²) in [5, 5.41) is 18.7. The summed E-state index contributed by atoms with van der Waals surface area (Å²) >= 11 is 6.07. The van der Waals surface area contributed by atoms with Crippen molar-refractivity contribution in [2.75, 3.05) is 18.0 Å². The van der Waals surface area contributed by atoms with Crippen molar-refractivity contribution < 1.29 is 10.0 Å². The second kappa shape index (κ2) is 5.25. The van der Waals surface area contributed by atoms with E-state index in [1.54, 1.807) is 6.07 Å². The van der Waals surface area contributed by atoms with E-state index in [9.17, 15) is 0 Å². The SMILES string of the molecule is CC1CCCN(c2cc(B(O)O)cnc2Cl)C1. The van der Waals surface area contributed by atoms with Crippen LogP contribution >= 0.6 is 11.6 Å². The van der Waals surface area contributed by atoms with Crippen LogP contribution in [0.5, 0.6) is 0 Å². The highest BCUT2D eigenvalue weighted by Gasteiger charge is 2.21. The third-order valence-electron chi connectivity index (χ3n) is 3.14. The molecule has 0 aromatic carbocycles. The molecule has 4 nitrogen and oxygen atoms in total. The molecule has 1 saturated heterocycles. The molecule has 0 radical (unpaired) electrons. The molecule has 1 aromatic heterocycles. The van der Waals surface area contributed by atoms with E-state index >= 15 is 0 Å². The zero-order valence-electron chi connectivity index (χ0n) is 9.80. The lowest BCUT2D eigenvalue weighted by Gasteiger charge is -2.33. The van der Waals surface area contributed by atoms with Gasteiger partial charge in [0.05, 0.1) is 5.69 Å². The number of anilines is 1. The van der Waals surface area contributed by atoms with Gasteiger partial charge in [0, 0.05) is 24.7 Å². The van der Waals surface area contributed by atoms with Gasteiger partial charge in [-0.3, -0.25) is 0 Å². The molecule has 1 unspecified atom stereocenters. The molecule has 2 rings (SSSR count). The van der Waals surface area contributed by atoms with Gasteiger partial charge in [0.25, 0.3) is 0 Å². The number of aromatic nitrogens is 1. The molecule has 17 heavy (non-hydrogen) atoms. The topological polar surface area (TPSA) is 56.6 Å². The maximum absolute atomic E-state index is 9.14. The van der Waals surface area contributed by atoms with Crippen molar-refractivity contribution in [1.82, 2.24) is 4.98 Å². The van der Waals surface area contributed by atoms with Crippen LogP contribution in [0.4, 0.5) is 5.69 Å². The van der Waals surface area contributed by atoms with Crippen molar-refractivity contribution in [2.45, 2.75) is 19.8 Å². The van der Waals surface area contributed by atoms with E-state index in [0.717, 1.165) is 25.2 Å². The Bertz CT molecular complexity index is 403. The van der Waals surface area contributed by atoms with Gasteiger partial charge in [-0.15, -0.1) is 0 Å². The Kier molecular flexibility index (Phi) is 3.91. The lowest BCUT2D eigenvalue weighted by atomic mass is 9.81. The highest BCUT2D eigenvalue weighted by atomic mass is 35.5. The van der Waals surface area contributed by atoms with Gasteiger partial charge >= 0.3 is 7.12 Å². The molecule has 92 valence electrons. The van der Waals surface area contributed by atoms with E-state index in [1.807, 2.05) is 0 Å². The zero-order valence-corrected chi connectivity index (χ0v) is 10.6. The third-order valence-corrected chi connectivity index (χ3v) is 3.43. The first-order valence-corrected chi connectivity index (χ1v) is 6.22. The monoisotopic (exact) mass is 254 g/mol. The van der Waals surface area contributed by atoms with E-state index in [-0.39, 0.29) is 0 Å². The average molecular weight is 255 g/mol. The molecule has 1 aromatic rings. The van der Waals surface area contributed by atoms with Crippen molar-refractivity contribution in [3.05, 3.63) is 17.4 Å². The number of pyridine rings is 1.